The molecule has 1 aromatic rings. The van der Waals surface area contributed by atoms with Gasteiger partial charge in [-0.15, -0.1) is 0 Å². The molecule has 0 spiro atoms. The topological polar surface area (TPSA) is 78.0 Å². The minimum Gasteiger partial charge on any atom is -0.479 e. The Labute approximate surface area is 85.6 Å². The molecular weight excluding hydrogens is 203 g/mol. The number of ether oxygens (including phenoxy) is 1. The van der Waals surface area contributed by atoms with Gasteiger partial charge in [0.1, 0.15) is 11.6 Å². The van der Waals surface area contributed by atoms with Crippen molar-refractivity contribution in [3.63, 3.8) is 0 Å². The molecule has 1 heterocycles. The van der Waals surface area contributed by atoms with Crippen molar-refractivity contribution in [2.24, 2.45) is 0 Å². The Balaban J connectivity index is 0.00000112. The van der Waals surface area contributed by atoms with E-state index in [1.165, 1.54) is 18.2 Å². The maximum atomic E-state index is 12.8. The summed E-state index contributed by atoms with van der Waals surface area (Å²) in [6.07, 6.45) is 0.142. The van der Waals surface area contributed by atoms with E-state index >= 15 is 0 Å². The molecule has 1 atom stereocenters. The molecule has 2 rings (SSSR count). The second-order valence-corrected chi connectivity index (χ2v) is 3.24. The van der Waals surface area contributed by atoms with Gasteiger partial charge < -0.3 is 15.3 Å². The Hall–Kier alpha value is -1.62. The number of carboxylic acid groups (broad SMARTS) is 1. The lowest BCUT2D eigenvalue weighted by molar-refractivity contribution is -0.145. The molecule has 0 aromatic heterocycles. The molecule has 1 unspecified atom stereocenters. The number of aliphatic carboxylic acids is 1. The maximum absolute atomic E-state index is 12.8. The van der Waals surface area contributed by atoms with Crippen LogP contribution in [0.5, 0.6) is 5.75 Å². The molecule has 1 aromatic carbocycles. The smallest absolute Gasteiger partial charge is 0.344 e. The normalized spacial score (nSPS) is 18.3. The Kier molecular flexibility index (Phi) is 3.26. The summed E-state index contributed by atoms with van der Waals surface area (Å²) in [4.78, 5) is 10.6. The van der Waals surface area contributed by atoms with Crippen molar-refractivity contribution < 1.29 is 24.5 Å². The van der Waals surface area contributed by atoms with Gasteiger partial charge in [-0.2, -0.15) is 0 Å². The van der Waals surface area contributed by atoms with Gasteiger partial charge in [0.2, 0.25) is 0 Å². The molecule has 1 aliphatic heterocycles. The first kappa shape index (κ1) is 11.5. The fourth-order valence-electron chi connectivity index (χ4n) is 1.53. The van der Waals surface area contributed by atoms with Crippen LogP contribution < -0.4 is 4.74 Å². The van der Waals surface area contributed by atoms with E-state index in [1.54, 1.807) is 0 Å². The molecule has 1 aliphatic rings. The third kappa shape index (κ3) is 2.24. The van der Waals surface area contributed by atoms with Crippen molar-refractivity contribution in [1.82, 2.24) is 0 Å². The zero-order valence-corrected chi connectivity index (χ0v) is 7.87. The number of carboxylic acids is 1. The molecule has 0 aliphatic carbocycles. The highest BCUT2D eigenvalue weighted by Gasteiger charge is 2.25. The van der Waals surface area contributed by atoms with Gasteiger partial charge >= 0.3 is 5.97 Å². The highest BCUT2D eigenvalue weighted by molar-refractivity contribution is 5.73. The largest absolute Gasteiger partial charge is 0.479 e. The van der Waals surface area contributed by atoms with Crippen molar-refractivity contribution in [2.45, 2.75) is 18.9 Å². The maximum Gasteiger partial charge on any atom is 0.344 e. The van der Waals surface area contributed by atoms with Crippen LogP contribution in [0.25, 0.3) is 0 Å². The van der Waals surface area contributed by atoms with Gasteiger partial charge in [0.05, 0.1) is 0 Å². The molecule has 4 nitrogen and oxygen atoms in total. The van der Waals surface area contributed by atoms with E-state index in [-0.39, 0.29) is 11.3 Å². The Bertz CT molecular complexity index is 378. The zero-order chi connectivity index (χ0) is 10.1. The lowest BCUT2D eigenvalue weighted by atomic mass is 10.0. The van der Waals surface area contributed by atoms with Crippen LogP contribution in [0.4, 0.5) is 4.39 Å². The second kappa shape index (κ2) is 4.27. The molecular formula is C10H11FO4. The molecule has 0 fully saturated rings. The highest BCUT2D eigenvalue weighted by Crippen LogP contribution is 2.28. The van der Waals surface area contributed by atoms with Crippen molar-refractivity contribution in [3.05, 3.63) is 29.6 Å². The van der Waals surface area contributed by atoms with Gasteiger partial charge in [0, 0.05) is 0 Å². The summed E-state index contributed by atoms with van der Waals surface area (Å²) < 4.78 is 18.0. The predicted molar refractivity (Wildman–Crippen MR) is 50.4 cm³/mol. The van der Waals surface area contributed by atoms with Crippen LogP contribution in [0.1, 0.15) is 12.0 Å². The molecule has 0 radical (unpaired) electrons. The van der Waals surface area contributed by atoms with Crippen molar-refractivity contribution >= 4 is 5.97 Å². The summed E-state index contributed by atoms with van der Waals surface area (Å²) >= 11 is 0. The summed E-state index contributed by atoms with van der Waals surface area (Å²) in [7, 11) is 0. The fraction of sp³-hybridized carbons (Fsp3) is 0.300. The van der Waals surface area contributed by atoms with Crippen LogP contribution in [0.2, 0.25) is 0 Å². The number of benzene rings is 1. The van der Waals surface area contributed by atoms with E-state index in [4.69, 9.17) is 9.84 Å². The van der Waals surface area contributed by atoms with Crippen LogP contribution in [0, 0.1) is 5.82 Å². The quantitative estimate of drug-likeness (QED) is 0.750. The van der Waals surface area contributed by atoms with E-state index in [0.717, 1.165) is 5.56 Å². The third-order valence-corrected chi connectivity index (χ3v) is 2.24. The average molecular weight is 214 g/mol. The van der Waals surface area contributed by atoms with Crippen LogP contribution in [-0.4, -0.2) is 22.7 Å². The van der Waals surface area contributed by atoms with Crippen molar-refractivity contribution in [3.8, 4) is 5.75 Å². The molecule has 0 bridgehead atoms. The monoisotopic (exact) mass is 214 g/mol. The Morgan fingerprint density at radius 2 is 2.27 bits per heavy atom. The number of rotatable bonds is 1. The van der Waals surface area contributed by atoms with Gasteiger partial charge in [0.15, 0.2) is 6.10 Å². The predicted octanol–water partition coefficient (Wildman–Crippen LogP) is 0.779. The van der Waals surface area contributed by atoms with E-state index in [9.17, 15) is 9.18 Å². The Morgan fingerprint density at radius 3 is 2.93 bits per heavy atom. The highest BCUT2D eigenvalue weighted by atomic mass is 19.1. The van der Waals surface area contributed by atoms with Gasteiger partial charge in [-0.25, -0.2) is 9.18 Å². The molecule has 15 heavy (non-hydrogen) atoms. The van der Waals surface area contributed by atoms with Gasteiger partial charge in [-0.05, 0) is 36.6 Å². The number of fused-ring (bicyclic) bond motifs is 1. The summed E-state index contributed by atoms with van der Waals surface area (Å²) in [5, 5.41) is 8.72. The van der Waals surface area contributed by atoms with Crippen LogP contribution >= 0.6 is 0 Å². The number of carbonyl (C=O) groups is 1. The van der Waals surface area contributed by atoms with E-state index in [1.807, 2.05) is 0 Å². The first-order valence-electron chi connectivity index (χ1n) is 4.35. The van der Waals surface area contributed by atoms with Gasteiger partial charge in [-0.3, -0.25) is 0 Å². The zero-order valence-electron chi connectivity index (χ0n) is 7.87. The van der Waals surface area contributed by atoms with Gasteiger partial charge in [-0.1, -0.05) is 0 Å². The molecule has 0 amide bonds. The molecule has 3 N–H and O–H groups in total. The fourth-order valence-corrected chi connectivity index (χ4v) is 1.53. The average Bonchev–Trinajstić information content (AvgIpc) is 2.16. The van der Waals surface area contributed by atoms with E-state index in [2.05, 4.69) is 0 Å². The standard InChI is InChI=1S/C10H9FO3.H2O/c11-7-2-4-8-6(5-7)1-3-9(14-8)10(12)13;/h2,4-5,9H,1,3H2,(H,12,13);1H2. The summed E-state index contributed by atoms with van der Waals surface area (Å²) in [6, 6.07) is 4.12. The molecule has 5 heteroatoms. The van der Waals surface area contributed by atoms with E-state index < -0.39 is 12.1 Å². The van der Waals surface area contributed by atoms with Crippen molar-refractivity contribution in [1.29, 1.82) is 0 Å². The summed E-state index contributed by atoms with van der Waals surface area (Å²) in [5.41, 5.74) is 0.738. The SMILES string of the molecule is O.O=C(O)C1CCc2cc(F)ccc2O1. The summed E-state index contributed by atoms with van der Waals surface area (Å²) in [6.45, 7) is 0. The minimum absolute atomic E-state index is 0. The number of hydrogen-bond donors (Lipinski definition) is 1. The number of halogens is 1. The van der Waals surface area contributed by atoms with Crippen LogP contribution in [-0.2, 0) is 11.2 Å². The first-order chi connectivity index (χ1) is 6.66. The van der Waals surface area contributed by atoms with Crippen LogP contribution in [0.15, 0.2) is 18.2 Å². The minimum atomic E-state index is -0.972. The molecule has 82 valence electrons. The lowest BCUT2D eigenvalue weighted by Crippen LogP contribution is -2.30. The summed E-state index contributed by atoms with van der Waals surface area (Å²) in [5.74, 6) is -0.814. The van der Waals surface area contributed by atoms with Crippen LogP contribution in [0.3, 0.4) is 0 Å². The third-order valence-electron chi connectivity index (χ3n) is 2.24. The Morgan fingerprint density at radius 1 is 1.53 bits per heavy atom. The van der Waals surface area contributed by atoms with Crippen molar-refractivity contribution in [2.75, 3.05) is 0 Å². The second-order valence-electron chi connectivity index (χ2n) is 3.24. The molecule has 0 saturated heterocycles. The number of aryl methyl sites for hydroxylation is 1. The first-order valence-corrected chi connectivity index (χ1v) is 4.35. The number of hydrogen-bond acceptors (Lipinski definition) is 2. The molecule has 0 saturated carbocycles. The van der Waals surface area contributed by atoms with E-state index in [0.29, 0.717) is 18.6 Å². The lowest BCUT2D eigenvalue weighted by Gasteiger charge is -2.22. The van der Waals surface area contributed by atoms with Gasteiger partial charge in [0.25, 0.3) is 0 Å².